The highest BCUT2D eigenvalue weighted by Crippen LogP contribution is 2.33. The average molecular weight is 275 g/mol. The fourth-order valence-electron chi connectivity index (χ4n) is 3.30. The molecule has 1 unspecified atom stereocenters. The zero-order chi connectivity index (χ0) is 13.9. The Morgan fingerprint density at radius 2 is 2.30 bits per heavy atom. The summed E-state index contributed by atoms with van der Waals surface area (Å²) in [5.41, 5.74) is 0.884. The van der Waals surface area contributed by atoms with Gasteiger partial charge in [-0.25, -0.2) is 0 Å². The van der Waals surface area contributed by atoms with Crippen LogP contribution < -0.4 is 5.32 Å². The van der Waals surface area contributed by atoms with Gasteiger partial charge in [-0.1, -0.05) is 6.92 Å². The molecule has 1 aromatic rings. The Balaban J connectivity index is 1.79. The summed E-state index contributed by atoms with van der Waals surface area (Å²) in [6, 6.07) is 4.93. The van der Waals surface area contributed by atoms with Crippen LogP contribution in [0.3, 0.4) is 0 Å². The molecule has 4 heteroatoms. The molecular weight excluding hydrogens is 250 g/mol. The van der Waals surface area contributed by atoms with Gasteiger partial charge in [0, 0.05) is 31.4 Å². The van der Waals surface area contributed by atoms with Crippen LogP contribution in [0.1, 0.15) is 55.6 Å². The molecule has 1 N–H and O–H groups in total. The second-order valence-electron chi connectivity index (χ2n) is 6.03. The monoisotopic (exact) mass is 275 g/mol. The van der Waals surface area contributed by atoms with E-state index in [1.807, 2.05) is 12.1 Å². The van der Waals surface area contributed by atoms with Gasteiger partial charge in [0.1, 0.15) is 5.69 Å². The van der Waals surface area contributed by atoms with Crippen LogP contribution in [-0.2, 0) is 0 Å². The van der Waals surface area contributed by atoms with Gasteiger partial charge in [0.2, 0.25) is 0 Å². The minimum Gasteiger partial charge on any atom is -0.340 e. The molecule has 3 rings (SSSR count). The molecule has 1 aliphatic carbocycles. The Morgan fingerprint density at radius 3 is 2.90 bits per heavy atom. The van der Waals surface area contributed by atoms with Gasteiger partial charge in [-0.05, 0) is 50.8 Å². The van der Waals surface area contributed by atoms with Crippen molar-refractivity contribution < 1.29 is 4.79 Å². The number of hydrogen-bond donors (Lipinski definition) is 1. The van der Waals surface area contributed by atoms with E-state index < -0.39 is 0 Å². The Hall–Kier alpha value is -1.29. The average Bonchev–Trinajstić information content (AvgIpc) is 3.04. The van der Waals surface area contributed by atoms with Crippen LogP contribution in [-0.4, -0.2) is 41.1 Å². The predicted octanol–water partition coefficient (Wildman–Crippen LogP) is 2.43. The van der Waals surface area contributed by atoms with Crippen LogP contribution >= 0.6 is 0 Å². The summed E-state index contributed by atoms with van der Waals surface area (Å²) in [4.78, 5) is 15.0. The van der Waals surface area contributed by atoms with E-state index in [-0.39, 0.29) is 5.91 Å². The van der Waals surface area contributed by atoms with E-state index in [0.29, 0.717) is 12.1 Å². The standard InChI is InChI=1S/C16H25N3O/c1-2-10-19(14-8-9-17-12-14)16(20)15-7-4-11-18(15)13-5-3-6-13/h4,7,11,13-14,17H,2-3,5-6,8-10,12H2,1H3. The van der Waals surface area contributed by atoms with Crippen molar-refractivity contribution in [2.75, 3.05) is 19.6 Å². The highest BCUT2D eigenvalue weighted by atomic mass is 16.2. The summed E-state index contributed by atoms with van der Waals surface area (Å²) < 4.78 is 2.21. The van der Waals surface area contributed by atoms with Crippen LogP contribution in [0, 0.1) is 0 Å². The molecule has 0 bridgehead atoms. The van der Waals surface area contributed by atoms with Crippen molar-refractivity contribution in [2.45, 2.75) is 51.1 Å². The topological polar surface area (TPSA) is 37.3 Å². The van der Waals surface area contributed by atoms with Gasteiger partial charge < -0.3 is 14.8 Å². The van der Waals surface area contributed by atoms with Crippen molar-refractivity contribution in [3.05, 3.63) is 24.0 Å². The molecule has 1 saturated carbocycles. The first-order chi connectivity index (χ1) is 9.81. The third kappa shape index (κ3) is 2.49. The molecule has 1 aromatic heterocycles. The normalized spacial score (nSPS) is 22.8. The first kappa shape index (κ1) is 13.7. The third-order valence-corrected chi connectivity index (χ3v) is 4.67. The van der Waals surface area contributed by atoms with Gasteiger partial charge in [0.05, 0.1) is 0 Å². The van der Waals surface area contributed by atoms with Crippen LogP contribution in [0.4, 0.5) is 0 Å². The lowest BCUT2D eigenvalue weighted by atomic mass is 9.93. The second-order valence-corrected chi connectivity index (χ2v) is 6.03. The Morgan fingerprint density at radius 1 is 1.45 bits per heavy atom. The fourth-order valence-corrected chi connectivity index (χ4v) is 3.30. The molecule has 1 saturated heterocycles. The highest BCUT2D eigenvalue weighted by molar-refractivity contribution is 5.93. The molecule has 1 aliphatic heterocycles. The molecule has 2 aliphatic rings. The third-order valence-electron chi connectivity index (χ3n) is 4.67. The number of hydrogen-bond acceptors (Lipinski definition) is 2. The quantitative estimate of drug-likeness (QED) is 0.896. The summed E-state index contributed by atoms with van der Waals surface area (Å²) in [6.07, 6.45) is 7.90. The molecule has 2 fully saturated rings. The molecule has 2 heterocycles. The van der Waals surface area contributed by atoms with E-state index in [1.54, 1.807) is 0 Å². The Bertz CT molecular complexity index is 458. The first-order valence-electron chi connectivity index (χ1n) is 7.99. The van der Waals surface area contributed by atoms with Crippen molar-refractivity contribution in [1.29, 1.82) is 0 Å². The number of aromatic nitrogens is 1. The predicted molar refractivity (Wildman–Crippen MR) is 79.9 cm³/mol. The largest absolute Gasteiger partial charge is 0.340 e. The van der Waals surface area contributed by atoms with Crippen molar-refractivity contribution in [3.63, 3.8) is 0 Å². The smallest absolute Gasteiger partial charge is 0.270 e. The maximum Gasteiger partial charge on any atom is 0.270 e. The summed E-state index contributed by atoms with van der Waals surface area (Å²) in [6.45, 7) is 4.98. The number of carbonyl (C=O) groups excluding carboxylic acids is 1. The van der Waals surface area contributed by atoms with E-state index in [4.69, 9.17) is 0 Å². The number of nitrogens with zero attached hydrogens (tertiary/aromatic N) is 2. The van der Waals surface area contributed by atoms with Crippen molar-refractivity contribution in [2.24, 2.45) is 0 Å². The number of carbonyl (C=O) groups is 1. The highest BCUT2D eigenvalue weighted by Gasteiger charge is 2.30. The van der Waals surface area contributed by atoms with Crippen LogP contribution in [0.2, 0.25) is 0 Å². The SMILES string of the molecule is CCCN(C(=O)c1cccn1C1CCC1)C1CCNC1. The van der Waals surface area contributed by atoms with Gasteiger partial charge in [0.15, 0.2) is 0 Å². The van der Waals surface area contributed by atoms with Crippen molar-refractivity contribution in [3.8, 4) is 0 Å². The number of rotatable bonds is 5. The van der Waals surface area contributed by atoms with E-state index in [1.165, 1.54) is 19.3 Å². The molecular formula is C16H25N3O. The minimum atomic E-state index is 0.220. The van der Waals surface area contributed by atoms with E-state index >= 15 is 0 Å². The minimum absolute atomic E-state index is 0.220. The fraction of sp³-hybridized carbons (Fsp3) is 0.688. The molecule has 1 atom stereocenters. The second kappa shape index (κ2) is 6.00. The zero-order valence-corrected chi connectivity index (χ0v) is 12.3. The molecule has 4 nitrogen and oxygen atoms in total. The number of amides is 1. The van der Waals surface area contributed by atoms with Crippen molar-refractivity contribution >= 4 is 5.91 Å². The summed E-state index contributed by atoms with van der Waals surface area (Å²) in [5, 5.41) is 3.37. The lowest BCUT2D eigenvalue weighted by Crippen LogP contribution is -2.43. The Labute approximate surface area is 121 Å². The molecule has 0 radical (unpaired) electrons. The van der Waals surface area contributed by atoms with Crippen LogP contribution in [0.15, 0.2) is 18.3 Å². The Kier molecular flexibility index (Phi) is 4.10. The maximum atomic E-state index is 12.9. The van der Waals surface area contributed by atoms with E-state index in [0.717, 1.165) is 38.2 Å². The van der Waals surface area contributed by atoms with Gasteiger partial charge in [-0.2, -0.15) is 0 Å². The molecule has 1 amide bonds. The lowest BCUT2D eigenvalue weighted by molar-refractivity contribution is 0.0675. The summed E-state index contributed by atoms with van der Waals surface area (Å²) in [7, 11) is 0. The van der Waals surface area contributed by atoms with Crippen molar-refractivity contribution in [1.82, 2.24) is 14.8 Å². The van der Waals surface area contributed by atoms with Gasteiger partial charge in [0.25, 0.3) is 5.91 Å². The summed E-state index contributed by atoms with van der Waals surface area (Å²) >= 11 is 0. The lowest BCUT2D eigenvalue weighted by Gasteiger charge is -2.32. The van der Waals surface area contributed by atoms with Crippen LogP contribution in [0.5, 0.6) is 0 Å². The molecule has 110 valence electrons. The molecule has 0 aromatic carbocycles. The first-order valence-corrected chi connectivity index (χ1v) is 7.99. The van der Waals surface area contributed by atoms with Gasteiger partial charge >= 0.3 is 0 Å². The molecule has 0 spiro atoms. The van der Waals surface area contributed by atoms with Crippen LogP contribution in [0.25, 0.3) is 0 Å². The maximum absolute atomic E-state index is 12.9. The van der Waals surface area contributed by atoms with E-state index in [2.05, 4.69) is 27.9 Å². The summed E-state index contributed by atoms with van der Waals surface area (Å²) in [5.74, 6) is 0.220. The van der Waals surface area contributed by atoms with E-state index in [9.17, 15) is 4.79 Å². The number of nitrogens with one attached hydrogen (secondary N) is 1. The van der Waals surface area contributed by atoms with Gasteiger partial charge in [-0.3, -0.25) is 4.79 Å². The zero-order valence-electron chi connectivity index (χ0n) is 12.3. The molecule has 20 heavy (non-hydrogen) atoms. The van der Waals surface area contributed by atoms with Gasteiger partial charge in [-0.15, -0.1) is 0 Å².